The zero-order chi connectivity index (χ0) is 16.3. The monoisotopic (exact) mass is 295 g/mol. The molecule has 0 aliphatic rings. The average molecular weight is 295 g/mol. The molecule has 22 heavy (non-hydrogen) atoms. The van der Waals surface area contributed by atoms with Gasteiger partial charge >= 0.3 is 0 Å². The molecule has 116 valence electrons. The van der Waals surface area contributed by atoms with Gasteiger partial charge in [-0.2, -0.15) is 0 Å². The van der Waals surface area contributed by atoms with Crippen LogP contribution in [0.2, 0.25) is 0 Å². The quantitative estimate of drug-likeness (QED) is 0.862. The number of carbonyl (C=O) groups is 1. The Morgan fingerprint density at radius 2 is 1.68 bits per heavy atom. The minimum absolute atomic E-state index is 0.00470. The Morgan fingerprint density at radius 1 is 0.955 bits per heavy atom. The van der Waals surface area contributed by atoms with Crippen LogP contribution in [0.15, 0.2) is 36.4 Å². The van der Waals surface area contributed by atoms with Crippen LogP contribution in [0.1, 0.15) is 57.6 Å². The summed E-state index contributed by atoms with van der Waals surface area (Å²) in [4.78, 5) is 12.5. The summed E-state index contributed by atoms with van der Waals surface area (Å²) in [7, 11) is 0. The number of benzene rings is 2. The smallest absolute Gasteiger partial charge is 0.251 e. The standard InChI is InChI=1S/C20H25NO/c1-6-19(18-10-7-13(2)11-16(18)5)21-20(22)17-9-8-14(3)15(4)12-17/h7-12,19H,6H2,1-5H3,(H,21,22). The number of nitrogens with one attached hydrogen (secondary N) is 1. The molecule has 2 aromatic rings. The first kappa shape index (κ1) is 16.3. The molecule has 0 radical (unpaired) electrons. The van der Waals surface area contributed by atoms with Crippen molar-refractivity contribution in [3.8, 4) is 0 Å². The molecule has 2 nitrogen and oxygen atoms in total. The van der Waals surface area contributed by atoms with Gasteiger partial charge in [0.05, 0.1) is 6.04 Å². The molecular weight excluding hydrogens is 270 g/mol. The van der Waals surface area contributed by atoms with E-state index in [9.17, 15) is 4.79 Å². The van der Waals surface area contributed by atoms with Gasteiger partial charge in [-0.1, -0.05) is 36.8 Å². The zero-order valence-corrected chi connectivity index (χ0v) is 14.2. The molecule has 2 aromatic carbocycles. The fraction of sp³-hybridized carbons (Fsp3) is 0.350. The Bertz CT molecular complexity index is 688. The Balaban J connectivity index is 2.22. The minimum Gasteiger partial charge on any atom is -0.345 e. The first-order chi connectivity index (χ1) is 10.4. The summed E-state index contributed by atoms with van der Waals surface area (Å²) in [6.45, 7) is 10.4. The van der Waals surface area contributed by atoms with E-state index in [4.69, 9.17) is 0 Å². The van der Waals surface area contributed by atoms with Gasteiger partial charge in [0.1, 0.15) is 0 Å². The minimum atomic E-state index is -0.00470. The second-order valence-electron chi connectivity index (χ2n) is 6.09. The van der Waals surface area contributed by atoms with Crippen molar-refractivity contribution in [2.45, 2.75) is 47.1 Å². The van der Waals surface area contributed by atoms with Gasteiger partial charge in [-0.25, -0.2) is 0 Å². The lowest BCUT2D eigenvalue weighted by molar-refractivity contribution is 0.0935. The molecule has 0 fully saturated rings. The first-order valence-electron chi connectivity index (χ1n) is 7.87. The lowest BCUT2D eigenvalue weighted by Crippen LogP contribution is -2.28. The van der Waals surface area contributed by atoms with E-state index in [0.717, 1.165) is 17.5 Å². The molecule has 1 atom stereocenters. The van der Waals surface area contributed by atoms with E-state index < -0.39 is 0 Å². The molecule has 0 spiro atoms. The van der Waals surface area contributed by atoms with Crippen LogP contribution in [0.4, 0.5) is 0 Å². The molecule has 1 unspecified atom stereocenters. The third-order valence-corrected chi connectivity index (χ3v) is 4.28. The maximum Gasteiger partial charge on any atom is 0.251 e. The van der Waals surface area contributed by atoms with Crippen molar-refractivity contribution in [1.29, 1.82) is 0 Å². The number of carbonyl (C=O) groups excluding carboxylic acids is 1. The molecule has 0 bridgehead atoms. The highest BCUT2D eigenvalue weighted by Crippen LogP contribution is 2.22. The Morgan fingerprint density at radius 3 is 2.27 bits per heavy atom. The summed E-state index contributed by atoms with van der Waals surface area (Å²) < 4.78 is 0. The van der Waals surface area contributed by atoms with Gasteiger partial charge < -0.3 is 5.32 Å². The topological polar surface area (TPSA) is 29.1 Å². The van der Waals surface area contributed by atoms with Gasteiger partial charge in [-0.3, -0.25) is 4.79 Å². The van der Waals surface area contributed by atoms with E-state index in [1.165, 1.54) is 22.3 Å². The summed E-state index contributed by atoms with van der Waals surface area (Å²) in [5.41, 5.74) is 6.76. The highest BCUT2D eigenvalue weighted by atomic mass is 16.1. The molecule has 1 N–H and O–H groups in total. The van der Waals surface area contributed by atoms with E-state index in [1.807, 2.05) is 25.1 Å². The maximum atomic E-state index is 12.5. The van der Waals surface area contributed by atoms with Gasteiger partial charge in [-0.15, -0.1) is 0 Å². The molecule has 0 heterocycles. The van der Waals surface area contributed by atoms with Crippen LogP contribution >= 0.6 is 0 Å². The van der Waals surface area contributed by atoms with E-state index >= 15 is 0 Å². The lowest BCUT2D eigenvalue weighted by atomic mass is 9.97. The second-order valence-corrected chi connectivity index (χ2v) is 6.09. The van der Waals surface area contributed by atoms with E-state index in [-0.39, 0.29) is 11.9 Å². The van der Waals surface area contributed by atoms with Crippen LogP contribution in [0.25, 0.3) is 0 Å². The van der Waals surface area contributed by atoms with Gasteiger partial charge in [0.25, 0.3) is 5.91 Å². The van der Waals surface area contributed by atoms with Crippen molar-refractivity contribution < 1.29 is 4.79 Å². The van der Waals surface area contributed by atoms with Crippen LogP contribution in [-0.2, 0) is 0 Å². The van der Waals surface area contributed by atoms with Crippen LogP contribution in [0.5, 0.6) is 0 Å². The third-order valence-electron chi connectivity index (χ3n) is 4.28. The van der Waals surface area contributed by atoms with Crippen LogP contribution in [-0.4, -0.2) is 5.91 Å². The molecule has 0 aromatic heterocycles. The zero-order valence-electron chi connectivity index (χ0n) is 14.2. The number of hydrogen-bond acceptors (Lipinski definition) is 1. The Kier molecular flexibility index (Phi) is 5.02. The SMILES string of the molecule is CCC(NC(=O)c1ccc(C)c(C)c1)c1ccc(C)cc1C. The van der Waals surface area contributed by atoms with Gasteiger partial charge in [-0.05, 0) is 68.5 Å². The summed E-state index contributed by atoms with van der Waals surface area (Å²) in [5.74, 6) is -0.00470. The molecule has 0 saturated carbocycles. The van der Waals surface area contributed by atoms with E-state index in [1.54, 1.807) is 0 Å². The van der Waals surface area contributed by atoms with E-state index in [0.29, 0.717) is 0 Å². The van der Waals surface area contributed by atoms with Crippen molar-refractivity contribution in [2.24, 2.45) is 0 Å². The summed E-state index contributed by atoms with van der Waals surface area (Å²) in [5, 5.41) is 3.17. The fourth-order valence-corrected chi connectivity index (χ4v) is 2.74. The molecular formula is C20H25NO. The molecule has 0 aliphatic carbocycles. The van der Waals surface area contributed by atoms with Gasteiger partial charge in [0.15, 0.2) is 0 Å². The van der Waals surface area contributed by atoms with Crippen molar-refractivity contribution in [3.05, 3.63) is 69.8 Å². The highest BCUT2D eigenvalue weighted by Gasteiger charge is 2.16. The molecule has 2 heteroatoms. The maximum absolute atomic E-state index is 12.5. The molecule has 2 rings (SSSR count). The van der Waals surface area contributed by atoms with Crippen molar-refractivity contribution in [1.82, 2.24) is 5.32 Å². The third kappa shape index (κ3) is 3.56. The number of amides is 1. The highest BCUT2D eigenvalue weighted by molar-refractivity contribution is 5.94. The molecule has 0 saturated heterocycles. The number of hydrogen-bond donors (Lipinski definition) is 1. The van der Waals surface area contributed by atoms with Crippen LogP contribution in [0.3, 0.4) is 0 Å². The van der Waals surface area contributed by atoms with E-state index in [2.05, 4.69) is 51.2 Å². The number of aryl methyl sites for hydroxylation is 4. The average Bonchev–Trinajstić information content (AvgIpc) is 2.48. The fourth-order valence-electron chi connectivity index (χ4n) is 2.74. The molecule has 1 amide bonds. The Hall–Kier alpha value is -2.09. The largest absolute Gasteiger partial charge is 0.345 e. The normalized spacial score (nSPS) is 12.0. The van der Waals surface area contributed by atoms with Crippen molar-refractivity contribution >= 4 is 5.91 Å². The van der Waals surface area contributed by atoms with Gasteiger partial charge in [0.2, 0.25) is 0 Å². The number of rotatable bonds is 4. The molecule has 0 aliphatic heterocycles. The van der Waals surface area contributed by atoms with Crippen LogP contribution < -0.4 is 5.32 Å². The van der Waals surface area contributed by atoms with Crippen molar-refractivity contribution in [2.75, 3.05) is 0 Å². The summed E-state index contributed by atoms with van der Waals surface area (Å²) in [6, 6.07) is 12.3. The second kappa shape index (κ2) is 6.78. The van der Waals surface area contributed by atoms with Crippen LogP contribution in [0, 0.1) is 27.7 Å². The van der Waals surface area contributed by atoms with Crippen molar-refractivity contribution in [3.63, 3.8) is 0 Å². The summed E-state index contributed by atoms with van der Waals surface area (Å²) in [6.07, 6.45) is 0.875. The lowest BCUT2D eigenvalue weighted by Gasteiger charge is -2.20. The predicted molar refractivity (Wildman–Crippen MR) is 92.3 cm³/mol. The first-order valence-corrected chi connectivity index (χ1v) is 7.87. The predicted octanol–water partition coefficient (Wildman–Crippen LogP) is 4.80. The summed E-state index contributed by atoms with van der Waals surface area (Å²) >= 11 is 0. The van der Waals surface area contributed by atoms with Gasteiger partial charge in [0, 0.05) is 5.56 Å². The Labute approximate surface area is 133 Å².